The first-order valence-corrected chi connectivity index (χ1v) is 9.37. The summed E-state index contributed by atoms with van der Waals surface area (Å²) < 4.78 is 0. The maximum absolute atomic E-state index is 13.1. The fourth-order valence-corrected chi connectivity index (χ4v) is 3.80. The number of allylic oxidation sites excluding steroid dienone is 1. The lowest BCUT2D eigenvalue weighted by Gasteiger charge is -2.31. The second-order valence-electron chi connectivity index (χ2n) is 6.94. The number of urea groups is 1. The first-order valence-electron chi connectivity index (χ1n) is 9.37. The maximum atomic E-state index is 13.1. The van der Waals surface area contributed by atoms with E-state index in [4.69, 9.17) is 0 Å². The summed E-state index contributed by atoms with van der Waals surface area (Å²) in [7, 11) is 0. The lowest BCUT2D eigenvalue weighted by atomic mass is 9.99. The number of amides is 4. The standard InChI is InChI=1S/C22H21N3O3/c1-2-18(23-16-12-11-14-7-6-8-15(14)13-16)19-20(26)24-22(28)25(21(19)27)17-9-4-3-5-10-17/h2-5,9-13,19,23H,6-8H2,1H3,(H,24,26,28)/b18-2+/t19-/m0/s1. The molecule has 0 spiro atoms. The van der Waals surface area contributed by atoms with Crippen molar-refractivity contribution >= 4 is 29.2 Å². The highest BCUT2D eigenvalue weighted by atomic mass is 16.2. The van der Waals surface area contributed by atoms with Crippen molar-refractivity contribution < 1.29 is 14.4 Å². The van der Waals surface area contributed by atoms with Gasteiger partial charge in [0.25, 0.3) is 5.91 Å². The molecular weight excluding hydrogens is 354 g/mol. The van der Waals surface area contributed by atoms with Crippen LogP contribution in [0.3, 0.4) is 0 Å². The number of fused-ring (bicyclic) bond motifs is 1. The third-order valence-electron chi connectivity index (χ3n) is 5.19. The molecule has 0 saturated carbocycles. The van der Waals surface area contributed by atoms with E-state index in [-0.39, 0.29) is 0 Å². The van der Waals surface area contributed by atoms with E-state index in [0.717, 1.165) is 29.8 Å². The number of nitrogens with one attached hydrogen (secondary N) is 2. The molecular formula is C22H21N3O3. The van der Waals surface area contributed by atoms with Gasteiger partial charge >= 0.3 is 6.03 Å². The molecule has 2 aliphatic rings. The zero-order valence-corrected chi connectivity index (χ0v) is 15.6. The van der Waals surface area contributed by atoms with E-state index in [9.17, 15) is 14.4 Å². The van der Waals surface area contributed by atoms with Crippen molar-refractivity contribution in [2.75, 3.05) is 10.2 Å². The van der Waals surface area contributed by atoms with Gasteiger partial charge in [0.15, 0.2) is 5.92 Å². The van der Waals surface area contributed by atoms with Gasteiger partial charge in [0, 0.05) is 11.4 Å². The number of carbonyl (C=O) groups excluding carboxylic acids is 3. The van der Waals surface area contributed by atoms with E-state index in [1.165, 1.54) is 11.1 Å². The van der Waals surface area contributed by atoms with Crippen LogP contribution in [0.4, 0.5) is 16.2 Å². The van der Waals surface area contributed by atoms with Gasteiger partial charge in [-0.2, -0.15) is 0 Å². The minimum Gasteiger partial charge on any atom is -0.358 e. The Morgan fingerprint density at radius 3 is 2.57 bits per heavy atom. The number of hydrogen-bond donors (Lipinski definition) is 2. The van der Waals surface area contributed by atoms with E-state index in [2.05, 4.69) is 22.8 Å². The summed E-state index contributed by atoms with van der Waals surface area (Å²) in [4.78, 5) is 38.9. The zero-order chi connectivity index (χ0) is 19.7. The Balaban J connectivity index is 1.62. The van der Waals surface area contributed by atoms with Crippen LogP contribution < -0.4 is 15.5 Å². The van der Waals surface area contributed by atoms with E-state index in [0.29, 0.717) is 11.4 Å². The summed E-state index contributed by atoms with van der Waals surface area (Å²) >= 11 is 0. The molecule has 6 heteroatoms. The van der Waals surface area contributed by atoms with Crippen molar-refractivity contribution in [2.24, 2.45) is 5.92 Å². The number of nitrogens with zero attached hydrogens (tertiary/aromatic N) is 1. The molecule has 4 rings (SSSR count). The van der Waals surface area contributed by atoms with Crippen LogP contribution in [0, 0.1) is 5.92 Å². The maximum Gasteiger partial charge on any atom is 0.335 e. The summed E-state index contributed by atoms with van der Waals surface area (Å²) in [6, 6.07) is 14.0. The van der Waals surface area contributed by atoms with Gasteiger partial charge in [0.1, 0.15) is 0 Å². The quantitative estimate of drug-likeness (QED) is 0.803. The highest BCUT2D eigenvalue weighted by molar-refractivity contribution is 6.29. The number of para-hydroxylation sites is 1. The molecule has 0 bridgehead atoms. The Morgan fingerprint density at radius 1 is 1.07 bits per heavy atom. The predicted molar refractivity (Wildman–Crippen MR) is 107 cm³/mol. The number of benzene rings is 2. The first-order chi connectivity index (χ1) is 13.6. The van der Waals surface area contributed by atoms with Crippen molar-refractivity contribution in [3.05, 3.63) is 71.4 Å². The van der Waals surface area contributed by atoms with Crippen LogP contribution in [0.1, 0.15) is 24.5 Å². The average Bonchev–Trinajstić information content (AvgIpc) is 3.15. The highest BCUT2D eigenvalue weighted by Gasteiger charge is 2.43. The summed E-state index contributed by atoms with van der Waals surface area (Å²) in [5, 5.41) is 5.51. The fourth-order valence-electron chi connectivity index (χ4n) is 3.80. The molecule has 0 unspecified atom stereocenters. The number of imide groups is 2. The fraction of sp³-hybridized carbons (Fsp3) is 0.227. The molecule has 1 aliphatic heterocycles. The van der Waals surface area contributed by atoms with E-state index < -0.39 is 23.8 Å². The molecule has 1 fully saturated rings. The van der Waals surface area contributed by atoms with Crippen LogP contribution in [0.15, 0.2) is 60.3 Å². The normalized spacial score (nSPS) is 19.5. The molecule has 28 heavy (non-hydrogen) atoms. The molecule has 4 amide bonds. The molecule has 2 aromatic carbocycles. The smallest absolute Gasteiger partial charge is 0.335 e. The second kappa shape index (κ2) is 7.31. The number of hydrogen-bond acceptors (Lipinski definition) is 4. The molecule has 2 N–H and O–H groups in total. The van der Waals surface area contributed by atoms with Crippen LogP contribution in [0.25, 0.3) is 0 Å². The number of aryl methyl sites for hydroxylation is 2. The van der Waals surface area contributed by atoms with Gasteiger partial charge in [-0.25, -0.2) is 9.69 Å². The van der Waals surface area contributed by atoms with Gasteiger partial charge in [-0.3, -0.25) is 14.9 Å². The summed E-state index contributed by atoms with van der Waals surface area (Å²) in [5.74, 6) is -2.30. The third kappa shape index (κ3) is 3.17. The van der Waals surface area contributed by atoms with Crippen molar-refractivity contribution in [3.8, 4) is 0 Å². The largest absolute Gasteiger partial charge is 0.358 e. The molecule has 1 aliphatic carbocycles. The Hall–Kier alpha value is -3.41. The molecule has 2 aromatic rings. The van der Waals surface area contributed by atoms with Gasteiger partial charge in [-0.1, -0.05) is 30.3 Å². The topological polar surface area (TPSA) is 78.5 Å². The molecule has 142 valence electrons. The van der Waals surface area contributed by atoms with Crippen LogP contribution in [-0.2, 0) is 22.4 Å². The molecule has 1 atom stereocenters. The van der Waals surface area contributed by atoms with Crippen LogP contribution in [0.5, 0.6) is 0 Å². The van der Waals surface area contributed by atoms with Crippen LogP contribution in [-0.4, -0.2) is 17.8 Å². The van der Waals surface area contributed by atoms with Crippen LogP contribution in [0.2, 0.25) is 0 Å². The minimum absolute atomic E-state index is 0.426. The summed E-state index contributed by atoms with van der Waals surface area (Å²) in [6.45, 7) is 1.76. The molecule has 6 nitrogen and oxygen atoms in total. The molecule has 0 aromatic heterocycles. The van der Waals surface area contributed by atoms with Gasteiger partial charge in [-0.05, 0) is 61.6 Å². The monoisotopic (exact) mass is 375 g/mol. The number of barbiturate groups is 1. The van der Waals surface area contributed by atoms with E-state index in [1.807, 2.05) is 6.07 Å². The predicted octanol–water partition coefficient (Wildman–Crippen LogP) is 3.39. The lowest BCUT2D eigenvalue weighted by Crippen LogP contribution is -2.59. The number of carbonyl (C=O) groups is 3. The second-order valence-corrected chi connectivity index (χ2v) is 6.94. The zero-order valence-electron chi connectivity index (χ0n) is 15.6. The minimum atomic E-state index is -1.11. The molecule has 0 radical (unpaired) electrons. The van der Waals surface area contributed by atoms with Gasteiger partial charge in [0.2, 0.25) is 5.91 Å². The highest BCUT2D eigenvalue weighted by Crippen LogP contribution is 2.28. The van der Waals surface area contributed by atoms with E-state index >= 15 is 0 Å². The lowest BCUT2D eigenvalue weighted by molar-refractivity contribution is -0.132. The Morgan fingerprint density at radius 2 is 1.82 bits per heavy atom. The number of rotatable bonds is 4. The first kappa shape index (κ1) is 18.0. The third-order valence-corrected chi connectivity index (χ3v) is 5.19. The molecule has 1 heterocycles. The van der Waals surface area contributed by atoms with Crippen molar-refractivity contribution in [2.45, 2.75) is 26.2 Å². The molecule has 1 saturated heterocycles. The summed E-state index contributed by atoms with van der Waals surface area (Å²) in [5.41, 5.74) is 4.35. The Kier molecular flexibility index (Phi) is 4.69. The van der Waals surface area contributed by atoms with E-state index in [1.54, 1.807) is 43.3 Å². The van der Waals surface area contributed by atoms with Crippen LogP contribution >= 0.6 is 0 Å². The Labute approximate surface area is 163 Å². The average molecular weight is 375 g/mol. The van der Waals surface area contributed by atoms with Crippen molar-refractivity contribution in [3.63, 3.8) is 0 Å². The van der Waals surface area contributed by atoms with Crippen molar-refractivity contribution in [1.82, 2.24) is 5.32 Å². The van der Waals surface area contributed by atoms with Gasteiger partial charge in [0.05, 0.1) is 5.69 Å². The van der Waals surface area contributed by atoms with Crippen molar-refractivity contribution in [1.29, 1.82) is 0 Å². The van der Waals surface area contributed by atoms with Gasteiger partial charge < -0.3 is 5.32 Å². The summed E-state index contributed by atoms with van der Waals surface area (Å²) in [6.07, 6.45) is 4.97. The SMILES string of the molecule is C/C=C(/Nc1ccc2c(c1)CCC2)[C@H]1C(=O)NC(=O)N(c2ccccc2)C1=O. The number of anilines is 2. The Bertz CT molecular complexity index is 982. The van der Waals surface area contributed by atoms with Gasteiger partial charge in [-0.15, -0.1) is 0 Å².